The number of hydrogen-bond acceptors (Lipinski definition) is 5. The molecule has 1 fully saturated rings. The first kappa shape index (κ1) is 20.2. The van der Waals surface area contributed by atoms with Crippen molar-refractivity contribution in [2.75, 3.05) is 27.8 Å². The molecule has 1 aliphatic rings. The van der Waals surface area contributed by atoms with E-state index in [0.29, 0.717) is 35.9 Å². The van der Waals surface area contributed by atoms with Crippen LogP contribution in [0.3, 0.4) is 0 Å². The van der Waals surface area contributed by atoms with Crippen molar-refractivity contribution < 1.29 is 19.1 Å². The Balaban J connectivity index is 1.74. The van der Waals surface area contributed by atoms with Gasteiger partial charge < -0.3 is 19.3 Å². The van der Waals surface area contributed by atoms with Crippen LogP contribution in [0.4, 0.5) is 0 Å². The summed E-state index contributed by atoms with van der Waals surface area (Å²) in [5.74, 6) is 1.22. The van der Waals surface area contributed by atoms with Gasteiger partial charge in [-0.3, -0.25) is 9.59 Å². The second-order valence-corrected chi connectivity index (χ2v) is 7.91. The van der Waals surface area contributed by atoms with Crippen molar-refractivity contribution in [2.24, 2.45) is 0 Å². The van der Waals surface area contributed by atoms with Crippen molar-refractivity contribution >= 4 is 23.2 Å². The molecule has 150 valence electrons. The lowest BCUT2D eigenvalue weighted by Crippen LogP contribution is -2.46. The molecule has 0 radical (unpaired) electrons. The number of thiophene rings is 1. The van der Waals surface area contributed by atoms with Gasteiger partial charge in [0.2, 0.25) is 5.91 Å². The minimum atomic E-state index is -0.403. The van der Waals surface area contributed by atoms with E-state index in [-0.39, 0.29) is 11.8 Å². The van der Waals surface area contributed by atoms with Crippen molar-refractivity contribution in [3.05, 3.63) is 45.6 Å². The van der Waals surface area contributed by atoms with E-state index >= 15 is 0 Å². The summed E-state index contributed by atoms with van der Waals surface area (Å²) in [6, 6.07) is 7.08. The van der Waals surface area contributed by atoms with Gasteiger partial charge in [-0.05, 0) is 54.5 Å². The molecule has 28 heavy (non-hydrogen) atoms. The molecule has 0 N–H and O–H groups in total. The molecule has 6 nitrogen and oxygen atoms in total. The zero-order chi connectivity index (χ0) is 20.3. The number of rotatable bonds is 6. The fourth-order valence-corrected chi connectivity index (χ4v) is 4.27. The molecule has 3 rings (SSSR count). The summed E-state index contributed by atoms with van der Waals surface area (Å²) in [6.45, 7) is 3.05. The predicted octanol–water partition coefficient (Wildman–Crippen LogP) is 3.34. The van der Waals surface area contributed by atoms with Crippen LogP contribution in [0.15, 0.2) is 29.6 Å². The SMILES string of the molecule is COc1cc(C)c(CN(C)C(=O)C2CCCN2C(=O)c2cccs2)cc1OC. The molecule has 0 spiro atoms. The number of ether oxygens (including phenoxy) is 2. The summed E-state index contributed by atoms with van der Waals surface area (Å²) < 4.78 is 10.7. The average Bonchev–Trinajstić information content (AvgIpc) is 3.39. The Hall–Kier alpha value is -2.54. The van der Waals surface area contributed by atoms with E-state index in [1.54, 1.807) is 31.1 Å². The minimum absolute atomic E-state index is 0.0309. The highest BCUT2D eigenvalue weighted by atomic mass is 32.1. The fraction of sp³-hybridized carbons (Fsp3) is 0.429. The predicted molar refractivity (Wildman–Crippen MR) is 109 cm³/mol. The van der Waals surface area contributed by atoms with Crippen LogP contribution in [0.5, 0.6) is 11.5 Å². The molecule has 0 aliphatic carbocycles. The van der Waals surface area contributed by atoms with E-state index in [0.717, 1.165) is 17.5 Å². The van der Waals surface area contributed by atoms with Crippen molar-refractivity contribution in [3.63, 3.8) is 0 Å². The largest absolute Gasteiger partial charge is 0.493 e. The van der Waals surface area contributed by atoms with Gasteiger partial charge in [0.05, 0.1) is 19.1 Å². The van der Waals surface area contributed by atoms with E-state index < -0.39 is 6.04 Å². The zero-order valence-corrected chi connectivity index (χ0v) is 17.5. The first-order valence-electron chi connectivity index (χ1n) is 9.27. The number of likely N-dealkylation sites (tertiary alicyclic amines) is 1. The smallest absolute Gasteiger partial charge is 0.264 e. The molecule has 1 aromatic carbocycles. The van der Waals surface area contributed by atoms with Crippen molar-refractivity contribution in [1.29, 1.82) is 0 Å². The molecule has 2 heterocycles. The number of hydrogen-bond donors (Lipinski definition) is 0. The summed E-state index contributed by atoms with van der Waals surface area (Å²) in [5, 5.41) is 1.88. The highest BCUT2D eigenvalue weighted by Gasteiger charge is 2.36. The Kier molecular flexibility index (Phi) is 6.24. The first-order chi connectivity index (χ1) is 13.5. The van der Waals surface area contributed by atoms with Gasteiger partial charge in [-0.2, -0.15) is 0 Å². The van der Waals surface area contributed by atoms with Gasteiger partial charge in [0.1, 0.15) is 6.04 Å². The summed E-state index contributed by atoms with van der Waals surface area (Å²) in [6.07, 6.45) is 1.54. The summed E-state index contributed by atoms with van der Waals surface area (Å²) in [7, 11) is 4.98. The molecular formula is C21H26N2O4S. The molecule has 1 atom stereocenters. The van der Waals surface area contributed by atoms with E-state index in [4.69, 9.17) is 9.47 Å². The van der Waals surface area contributed by atoms with Gasteiger partial charge in [0.15, 0.2) is 11.5 Å². The molecule has 1 saturated heterocycles. The number of nitrogens with zero attached hydrogens (tertiary/aromatic N) is 2. The lowest BCUT2D eigenvalue weighted by atomic mass is 10.1. The summed E-state index contributed by atoms with van der Waals surface area (Å²) in [5.41, 5.74) is 2.01. The van der Waals surface area contributed by atoms with Crippen LogP contribution in [0.2, 0.25) is 0 Å². The Morgan fingerprint density at radius 2 is 1.96 bits per heavy atom. The van der Waals surface area contributed by atoms with E-state index in [9.17, 15) is 9.59 Å². The maximum Gasteiger partial charge on any atom is 0.264 e. The van der Waals surface area contributed by atoms with Crippen LogP contribution >= 0.6 is 11.3 Å². The number of methoxy groups -OCH3 is 2. The highest BCUT2D eigenvalue weighted by molar-refractivity contribution is 7.12. The second kappa shape index (κ2) is 8.65. The third-order valence-electron chi connectivity index (χ3n) is 5.16. The molecule has 2 aromatic rings. The molecule has 7 heteroatoms. The Morgan fingerprint density at radius 1 is 1.25 bits per heavy atom. The normalized spacial score (nSPS) is 16.1. The van der Waals surface area contributed by atoms with Crippen molar-refractivity contribution in [3.8, 4) is 11.5 Å². The topological polar surface area (TPSA) is 59.1 Å². The Labute approximate surface area is 169 Å². The first-order valence-corrected chi connectivity index (χ1v) is 10.1. The molecule has 1 aromatic heterocycles. The maximum absolute atomic E-state index is 13.1. The van der Waals surface area contributed by atoms with Gasteiger partial charge in [-0.15, -0.1) is 11.3 Å². The van der Waals surface area contributed by atoms with Crippen LogP contribution in [0.1, 0.15) is 33.6 Å². The summed E-state index contributed by atoms with van der Waals surface area (Å²) in [4.78, 5) is 29.9. The number of carbonyl (C=O) groups is 2. The van der Waals surface area contributed by atoms with Gasteiger partial charge in [0.25, 0.3) is 5.91 Å². The molecular weight excluding hydrogens is 376 g/mol. The van der Waals surface area contributed by atoms with Crippen LogP contribution in [-0.2, 0) is 11.3 Å². The summed E-state index contributed by atoms with van der Waals surface area (Å²) >= 11 is 1.41. The number of aryl methyl sites for hydroxylation is 1. The molecule has 2 amide bonds. The van der Waals surface area contributed by atoms with E-state index in [1.807, 2.05) is 36.6 Å². The standard InChI is InChI=1S/C21H26N2O4S/c1-14-11-17(26-3)18(27-4)12-15(14)13-22(2)20(24)16-7-5-9-23(16)21(25)19-8-6-10-28-19/h6,8,10-12,16H,5,7,9,13H2,1-4H3. The Morgan fingerprint density at radius 3 is 2.61 bits per heavy atom. The van der Waals surface area contributed by atoms with Gasteiger partial charge in [0, 0.05) is 20.1 Å². The second-order valence-electron chi connectivity index (χ2n) is 6.96. The molecule has 1 aliphatic heterocycles. The third-order valence-corrected chi connectivity index (χ3v) is 6.01. The molecule has 1 unspecified atom stereocenters. The van der Waals surface area contributed by atoms with Crippen molar-refractivity contribution in [2.45, 2.75) is 32.4 Å². The lowest BCUT2D eigenvalue weighted by Gasteiger charge is -2.28. The van der Waals surface area contributed by atoms with E-state index in [1.165, 1.54) is 11.3 Å². The highest BCUT2D eigenvalue weighted by Crippen LogP contribution is 2.31. The van der Waals surface area contributed by atoms with E-state index in [2.05, 4.69) is 0 Å². The fourth-order valence-electron chi connectivity index (χ4n) is 3.59. The quantitative estimate of drug-likeness (QED) is 0.744. The zero-order valence-electron chi connectivity index (χ0n) is 16.7. The number of likely N-dealkylation sites (N-methyl/N-ethyl adjacent to an activating group) is 1. The van der Waals surface area contributed by atoms with Crippen LogP contribution < -0.4 is 9.47 Å². The van der Waals surface area contributed by atoms with Gasteiger partial charge in [-0.25, -0.2) is 0 Å². The number of amides is 2. The van der Waals surface area contributed by atoms with Crippen molar-refractivity contribution in [1.82, 2.24) is 9.80 Å². The van der Waals surface area contributed by atoms with Crippen LogP contribution in [0.25, 0.3) is 0 Å². The third kappa shape index (κ3) is 3.99. The molecule has 0 bridgehead atoms. The van der Waals surface area contributed by atoms with Gasteiger partial charge in [-0.1, -0.05) is 6.07 Å². The molecule has 0 saturated carbocycles. The average molecular weight is 403 g/mol. The maximum atomic E-state index is 13.1. The van der Waals surface area contributed by atoms with Crippen LogP contribution in [0, 0.1) is 6.92 Å². The Bertz CT molecular complexity index is 850. The minimum Gasteiger partial charge on any atom is -0.493 e. The number of benzene rings is 1. The number of carbonyl (C=O) groups excluding carboxylic acids is 2. The van der Waals surface area contributed by atoms with Crippen LogP contribution in [-0.4, -0.2) is 55.5 Å². The lowest BCUT2D eigenvalue weighted by molar-refractivity contribution is -0.134. The van der Waals surface area contributed by atoms with Gasteiger partial charge >= 0.3 is 0 Å². The monoisotopic (exact) mass is 402 g/mol.